The highest BCUT2D eigenvalue weighted by molar-refractivity contribution is 5.94. The molecule has 0 bridgehead atoms. The summed E-state index contributed by atoms with van der Waals surface area (Å²) in [6.07, 6.45) is 6.28. The summed E-state index contributed by atoms with van der Waals surface area (Å²) in [5.41, 5.74) is 4.02. The number of rotatable bonds is 6. The van der Waals surface area contributed by atoms with Gasteiger partial charge < -0.3 is 14.2 Å². The van der Waals surface area contributed by atoms with Gasteiger partial charge in [0.25, 0.3) is 0 Å². The third-order valence-electron chi connectivity index (χ3n) is 6.36. The molecule has 1 saturated heterocycles. The van der Waals surface area contributed by atoms with Gasteiger partial charge in [-0.05, 0) is 63.1 Å². The van der Waals surface area contributed by atoms with Crippen LogP contribution in [-0.2, 0) is 17.8 Å². The number of aryl methyl sites for hydroxylation is 1. The number of hydrogen-bond acceptors (Lipinski definition) is 6. The van der Waals surface area contributed by atoms with Gasteiger partial charge in [-0.2, -0.15) is 5.10 Å². The van der Waals surface area contributed by atoms with Crippen LogP contribution in [0.4, 0.5) is 5.82 Å². The molecule has 8 nitrogen and oxygen atoms in total. The van der Waals surface area contributed by atoms with Crippen LogP contribution in [0.3, 0.4) is 0 Å². The van der Waals surface area contributed by atoms with Crippen LogP contribution >= 0.6 is 0 Å². The van der Waals surface area contributed by atoms with Crippen LogP contribution in [0.2, 0.25) is 0 Å². The molecule has 3 aromatic heterocycles. The maximum absolute atomic E-state index is 12.1. The van der Waals surface area contributed by atoms with Crippen molar-refractivity contribution in [2.75, 3.05) is 18.6 Å². The van der Waals surface area contributed by atoms with Gasteiger partial charge >= 0.3 is 5.97 Å². The average molecular weight is 445 g/mol. The first-order chi connectivity index (χ1) is 16.1. The number of carbonyl (C=O) groups is 1. The van der Waals surface area contributed by atoms with Gasteiger partial charge in [0, 0.05) is 37.1 Å². The van der Waals surface area contributed by atoms with Crippen molar-refractivity contribution in [3.05, 3.63) is 60.0 Å². The van der Waals surface area contributed by atoms with Gasteiger partial charge in [-0.1, -0.05) is 0 Å². The predicted molar refractivity (Wildman–Crippen MR) is 127 cm³/mol. The SMILES string of the molecule is CCn1ccc(Cn2c(-c3ccc(N4CCC[C@@H]4C)nc3)nc3cc(C(=O)OC)ccc32)n1. The quantitative estimate of drug-likeness (QED) is 0.416. The van der Waals surface area contributed by atoms with Crippen molar-refractivity contribution >= 4 is 22.8 Å². The number of aromatic nitrogens is 5. The molecule has 4 aromatic rings. The molecule has 0 N–H and O–H groups in total. The molecule has 5 rings (SSSR count). The lowest BCUT2D eigenvalue weighted by Gasteiger charge is -2.22. The number of pyridine rings is 1. The Morgan fingerprint density at radius 2 is 2.09 bits per heavy atom. The lowest BCUT2D eigenvalue weighted by Crippen LogP contribution is -2.26. The van der Waals surface area contributed by atoms with E-state index in [-0.39, 0.29) is 5.97 Å². The zero-order valence-electron chi connectivity index (χ0n) is 19.2. The van der Waals surface area contributed by atoms with Crippen LogP contribution in [0.15, 0.2) is 48.8 Å². The Labute approximate surface area is 192 Å². The third kappa shape index (κ3) is 3.97. The number of ether oxygens (including phenoxy) is 1. The second-order valence-electron chi connectivity index (χ2n) is 8.47. The molecule has 4 heterocycles. The number of nitrogens with zero attached hydrogens (tertiary/aromatic N) is 6. The standard InChI is InChI=1S/C25H28N6O2/c1-4-29-13-11-20(28-29)16-31-22-9-7-18(25(32)33-3)14-21(22)27-24(31)19-8-10-23(26-15-19)30-12-5-6-17(30)2/h7-11,13-15,17H,4-6,12,16H2,1-3H3/t17-/m0/s1. The van der Waals surface area contributed by atoms with Crippen LogP contribution in [0, 0.1) is 0 Å². The fourth-order valence-corrected chi connectivity index (χ4v) is 4.54. The van der Waals surface area contributed by atoms with Gasteiger partial charge in [0.1, 0.15) is 11.6 Å². The zero-order valence-corrected chi connectivity index (χ0v) is 19.2. The van der Waals surface area contributed by atoms with Crippen LogP contribution in [0.25, 0.3) is 22.4 Å². The first-order valence-electron chi connectivity index (χ1n) is 11.4. The van der Waals surface area contributed by atoms with E-state index >= 15 is 0 Å². The minimum Gasteiger partial charge on any atom is -0.465 e. The molecule has 0 saturated carbocycles. The van der Waals surface area contributed by atoms with Crippen molar-refractivity contribution in [3.63, 3.8) is 0 Å². The molecule has 0 spiro atoms. The first-order valence-corrected chi connectivity index (χ1v) is 11.4. The number of methoxy groups -OCH3 is 1. The van der Waals surface area contributed by atoms with Crippen molar-refractivity contribution in [1.29, 1.82) is 0 Å². The van der Waals surface area contributed by atoms with Crippen molar-refractivity contribution in [3.8, 4) is 11.4 Å². The summed E-state index contributed by atoms with van der Waals surface area (Å²) < 4.78 is 8.93. The maximum Gasteiger partial charge on any atom is 0.337 e. The van der Waals surface area contributed by atoms with Crippen LogP contribution in [-0.4, -0.2) is 50.0 Å². The Balaban J connectivity index is 1.57. The highest BCUT2D eigenvalue weighted by Gasteiger charge is 2.22. The van der Waals surface area contributed by atoms with Crippen molar-refractivity contribution < 1.29 is 9.53 Å². The Morgan fingerprint density at radius 3 is 2.76 bits per heavy atom. The summed E-state index contributed by atoms with van der Waals surface area (Å²) in [6.45, 7) is 6.75. The number of imidazole rings is 1. The summed E-state index contributed by atoms with van der Waals surface area (Å²) in [6, 6.07) is 12.2. The van der Waals surface area contributed by atoms with Gasteiger partial charge in [0.2, 0.25) is 0 Å². The Hall–Kier alpha value is -3.68. The normalized spacial score (nSPS) is 16.0. The van der Waals surface area contributed by atoms with Gasteiger partial charge in [-0.25, -0.2) is 14.8 Å². The molecule has 170 valence electrons. The fourth-order valence-electron chi connectivity index (χ4n) is 4.54. The van der Waals surface area contributed by atoms with E-state index in [0.29, 0.717) is 18.2 Å². The Bertz CT molecular complexity index is 1290. The molecular weight excluding hydrogens is 416 g/mol. The molecule has 1 fully saturated rings. The minimum atomic E-state index is -0.375. The largest absolute Gasteiger partial charge is 0.465 e. The molecule has 0 aliphatic carbocycles. The summed E-state index contributed by atoms with van der Waals surface area (Å²) in [7, 11) is 1.38. The maximum atomic E-state index is 12.1. The first kappa shape index (κ1) is 21.2. The molecule has 0 radical (unpaired) electrons. The number of benzene rings is 1. The lowest BCUT2D eigenvalue weighted by molar-refractivity contribution is 0.0601. The molecule has 1 aliphatic rings. The zero-order chi connectivity index (χ0) is 22.9. The number of carbonyl (C=O) groups excluding carboxylic acids is 1. The second-order valence-corrected chi connectivity index (χ2v) is 8.47. The predicted octanol–water partition coefficient (Wildman–Crippen LogP) is 4.14. The Morgan fingerprint density at radius 1 is 1.21 bits per heavy atom. The highest BCUT2D eigenvalue weighted by atomic mass is 16.5. The molecule has 0 amide bonds. The third-order valence-corrected chi connectivity index (χ3v) is 6.36. The van der Waals surface area contributed by atoms with E-state index in [0.717, 1.165) is 47.0 Å². The number of esters is 1. The highest BCUT2D eigenvalue weighted by Crippen LogP contribution is 2.29. The monoisotopic (exact) mass is 444 g/mol. The van der Waals surface area contributed by atoms with Crippen molar-refractivity contribution in [2.24, 2.45) is 0 Å². The lowest BCUT2D eigenvalue weighted by atomic mass is 10.2. The molecule has 0 unspecified atom stereocenters. The summed E-state index contributed by atoms with van der Waals surface area (Å²) >= 11 is 0. The summed E-state index contributed by atoms with van der Waals surface area (Å²) in [4.78, 5) is 24.1. The molecular formula is C25H28N6O2. The molecule has 1 atom stereocenters. The minimum absolute atomic E-state index is 0.375. The second kappa shape index (κ2) is 8.69. The van der Waals surface area contributed by atoms with Gasteiger partial charge in [0.05, 0.1) is 35.9 Å². The van der Waals surface area contributed by atoms with Gasteiger partial charge in [0.15, 0.2) is 0 Å². The molecule has 1 aromatic carbocycles. The number of hydrogen-bond donors (Lipinski definition) is 0. The van der Waals surface area contributed by atoms with Crippen molar-refractivity contribution in [2.45, 2.75) is 45.8 Å². The van der Waals surface area contributed by atoms with Gasteiger partial charge in [-0.15, -0.1) is 0 Å². The number of anilines is 1. The summed E-state index contributed by atoms with van der Waals surface area (Å²) in [5, 5.41) is 4.65. The van der Waals surface area contributed by atoms with Gasteiger partial charge in [-0.3, -0.25) is 4.68 Å². The molecule has 8 heteroatoms. The molecule has 1 aliphatic heterocycles. The van der Waals surface area contributed by atoms with E-state index < -0.39 is 0 Å². The smallest absolute Gasteiger partial charge is 0.337 e. The molecule has 33 heavy (non-hydrogen) atoms. The van der Waals surface area contributed by atoms with Crippen LogP contribution < -0.4 is 4.90 Å². The van der Waals surface area contributed by atoms with Crippen LogP contribution in [0.1, 0.15) is 42.7 Å². The summed E-state index contributed by atoms with van der Waals surface area (Å²) in [5.74, 6) is 1.42. The van der Waals surface area contributed by atoms with Crippen molar-refractivity contribution in [1.82, 2.24) is 24.3 Å². The van der Waals surface area contributed by atoms with E-state index in [1.54, 1.807) is 12.1 Å². The Kier molecular flexibility index (Phi) is 5.58. The van der Waals surface area contributed by atoms with E-state index in [4.69, 9.17) is 14.7 Å². The van der Waals surface area contributed by atoms with E-state index in [1.165, 1.54) is 20.0 Å². The van der Waals surface area contributed by atoms with E-state index in [9.17, 15) is 4.79 Å². The van der Waals surface area contributed by atoms with E-state index in [2.05, 4.69) is 40.5 Å². The van der Waals surface area contributed by atoms with Crippen LogP contribution in [0.5, 0.6) is 0 Å². The average Bonchev–Trinajstić information content (AvgIpc) is 3.57. The van der Waals surface area contributed by atoms with E-state index in [1.807, 2.05) is 29.2 Å². The fraction of sp³-hybridized carbons (Fsp3) is 0.360. The number of fused-ring (bicyclic) bond motifs is 1. The topological polar surface area (TPSA) is 78.1 Å².